The average molecular weight is 489 g/mol. The Morgan fingerprint density at radius 3 is 2.63 bits per heavy atom. The molecule has 3 aromatic rings. The summed E-state index contributed by atoms with van der Waals surface area (Å²) in [6.07, 6.45) is 1.20. The van der Waals surface area contributed by atoms with E-state index in [1.165, 1.54) is 5.56 Å². The molecule has 0 aromatic heterocycles. The van der Waals surface area contributed by atoms with Crippen LogP contribution in [-0.4, -0.2) is 18.6 Å². The maximum Gasteiger partial charge on any atom is 0.265 e. The van der Waals surface area contributed by atoms with Crippen LogP contribution >= 0.6 is 27.5 Å². The molecule has 0 fully saturated rings. The highest BCUT2D eigenvalue weighted by Gasteiger charge is 2.16. The van der Waals surface area contributed by atoms with Crippen molar-refractivity contribution >= 4 is 39.1 Å². The van der Waals surface area contributed by atoms with E-state index in [2.05, 4.69) is 33.4 Å². The van der Waals surface area contributed by atoms with Gasteiger partial charge in [-0.15, -0.1) is 0 Å². The molecule has 1 unspecified atom stereocenters. The summed E-state index contributed by atoms with van der Waals surface area (Å²) in [7, 11) is 0. The van der Waals surface area contributed by atoms with Gasteiger partial charge in [-0.25, -0.2) is 0 Å². The first-order valence-corrected chi connectivity index (χ1v) is 10.9. The number of hydrogen-bond acceptors (Lipinski definition) is 3. The molecule has 0 aliphatic rings. The zero-order valence-corrected chi connectivity index (χ0v) is 18.9. The van der Waals surface area contributed by atoms with Crippen molar-refractivity contribution in [3.63, 3.8) is 0 Å². The molecule has 3 rings (SSSR count). The summed E-state index contributed by atoms with van der Waals surface area (Å²) in [5.74, 6) is 1.02. The van der Waals surface area contributed by atoms with Crippen molar-refractivity contribution in [1.29, 1.82) is 0 Å². The second-order valence-electron chi connectivity index (χ2n) is 6.79. The first-order chi connectivity index (χ1) is 14.5. The van der Waals surface area contributed by atoms with Crippen LogP contribution in [0.25, 0.3) is 0 Å². The first-order valence-electron chi connectivity index (χ1n) is 9.70. The smallest absolute Gasteiger partial charge is 0.265 e. The van der Waals surface area contributed by atoms with Crippen LogP contribution in [0.1, 0.15) is 18.9 Å². The van der Waals surface area contributed by atoms with Gasteiger partial charge in [0.25, 0.3) is 5.91 Å². The molecule has 0 saturated carbocycles. The van der Waals surface area contributed by atoms with Gasteiger partial charge < -0.3 is 14.8 Å². The predicted octanol–water partition coefficient (Wildman–Crippen LogP) is 6.52. The van der Waals surface area contributed by atoms with Gasteiger partial charge >= 0.3 is 0 Å². The molecule has 30 heavy (non-hydrogen) atoms. The predicted molar refractivity (Wildman–Crippen MR) is 125 cm³/mol. The molecule has 1 N–H and O–H groups in total. The molecule has 4 nitrogen and oxygen atoms in total. The average Bonchev–Trinajstić information content (AvgIpc) is 2.74. The van der Waals surface area contributed by atoms with Crippen molar-refractivity contribution in [2.24, 2.45) is 0 Å². The molecular weight excluding hydrogens is 466 g/mol. The zero-order chi connectivity index (χ0) is 21.3. The van der Waals surface area contributed by atoms with E-state index in [0.29, 0.717) is 27.5 Å². The lowest BCUT2D eigenvalue weighted by Gasteiger charge is -2.16. The van der Waals surface area contributed by atoms with Gasteiger partial charge in [-0.05, 0) is 71.6 Å². The molecule has 156 valence electrons. The minimum atomic E-state index is -0.682. The number of nitrogens with one attached hydrogen (secondary N) is 1. The Balaban J connectivity index is 1.49. The van der Waals surface area contributed by atoms with Gasteiger partial charge in [-0.3, -0.25) is 4.79 Å². The fourth-order valence-corrected chi connectivity index (χ4v) is 3.61. The van der Waals surface area contributed by atoms with Crippen LogP contribution in [0.2, 0.25) is 5.02 Å². The fourth-order valence-electron chi connectivity index (χ4n) is 2.83. The molecular formula is C24H23BrClNO3. The van der Waals surface area contributed by atoms with E-state index in [1.54, 1.807) is 25.1 Å². The summed E-state index contributed by atoms with van der Waals surface area (Å²) in [6, 6.07) is 22.8. The van der Waals surface area contributed by atoms with Gasteiger partial charge in [0, 0.05) is 16.8 Å². The van der Waals surface area contributed by atoms with Crippen molar-refractivity contribution in [3.05, 3.63) is 87.9 Å². The SMILES string of the molecule is CC(Oc1ccc(Cl)cc1Br)C(=O)Nc1cccc(OCCCc2ccccc2)c1. The summed E-state index contributed by atoms with van der Waals surface area (Å²) in [6.45, 7) is 2.30. The molecule has 3 aromatic carbocycles. The second-order valence-corrected chi connectivity index (χ2v) is 8.08. The highest BCUT2D eigenvalue weighted by molar-refractivity contribution is 9.10. The molecule has 1 atom stereocenters. The molecule has 1 amide bonds. The quantitative estimate of drug-likeness (QED) is 0.349. The summed E-state index contributed by atoms with van der Waals surface area (Å²) in [4.78, 5) is 12.5. The van der Waals surface area contributed by atoms with Crippen LogP contribution in [0.3, 0.4) is 0 Å². The maximum atomic E-state index is 12.5. The number of ether oxygens (including phenoxy) is 2. The van der Waals surface area contributed by atoms with Gasteiger partial charge in [0.2, 0.25) is 0 Å². The lowest BCUT2D eigenvalue weighted by molar-refractivity contribution is -0.122. The minimum absolute atomic E-state index is 0.252. The van der Waals surface area contributed by atoms with E-state index in [4.69, 9.17) is 21.1 Å². The molecule has 0 spiro atoms. The Labute approximate surface area is 190 Å². The number of rotatable bonds is 9. The van der Waals surface area contributed by atoms with Crippen molar-refractivity contribution in [2.75, 3.05) is 11.9 Å². The molecule has 6 heteroatoms. The monoisotopic (exact) mass is 487 g/mol. The third kappa shape index (κ3) is 6.78. The molecule has 0 bridgehead atoms. The van der Waals surface area contributed by atoms with Gasteiger partial charge in [-0.1, -0.05) is 48.0 Å². The second kappa shape index (κ2) is 11.0. The Hall–Kier alpha value is -2.50. The Morgan fingerprint density at radius 1 is 1.07 bits per heavy atom. The topological polar surface area (TPSA) is 47.6 Å². The van der Waals surface area contributed by atoms with Crippen LogP contribution in [0.15, 0.2) is 77.3 Å². The van der Waals surface area contributed by atoms with E-state index >= 15 is 0 Å². The molecule has 0 aliphatic heterocycles. The van der Waals surface area contributed by atoms with E-state index in [9.17, 15) is 4.79 Å². The summed E-state index contributed by atoms with van der Waals surface area (Å²) in [5.41, 5.74) is 1.95. The molecule has 0 heterocycles. The normalized spacial score (nSPS) is 11.6. The third-order valence-corrected chi connectivity index (χ3v) is 5.24. The van der Waals surface area contributed by atoms with E-state index in [0.717, 1.165) is 18.6 Å². The van der Waals surface area contributed by atoms with Gasteiger partial charge in [0.05, 0.1) is 11.1 Å². The molecule has 0 radical (unpaired) electrons. The van der Waals surface area contributed by atoms with Crippen LogP contribution in [0.4, 0.5) is 5.69 Å². The van der Waals surface area contributed by atoms with Crippen molar-refractivity contribution in [2.45, 2.75) is 25.9 Å². The number of amides is 1. The number of benzene rings is 3. The fraction of sp³-hybridized carbons (Fsp3) is 0.208. The lowest BCUT2D eigenvalue weighted by Crippen LogP contribution is -2.30. The maximum absolute atomic E-state index is 12.5. The van der Waals surface area contributed by atoms with Crippen LogP contribution in [0.5, 0.6) is 11.5 Å². The Bertz CT molecular complexity index is 981. The highest BCUT2D eigenvalue weighted by Crippen LogP contribution is 2.29. The van der Waals surface area contributed by atoms with Crippen molar-refractivity contribution in [1.82, 2.24) is 0 Å². The standard InChI is InChI=1S/C24H23BrClNO3/c1-17(30-23-13-12-19(26)15-22(23)25)24(28)27-20-10-5-11-21(16-20)29-14-6-9-18-7-3-2-4-8-18/h2-5,7-8,10-13,15-17H,6,9,14H2,1H3,(H,27,28). The summed E-state index contributed by atoms with van der Waals surface area (Å²) < 4.78 is 12.3. The van der Waals surface area contributed by atoms with Crippen molar-refractivity contribution < 1.29 is 14.3 Å². The van der Waals surface area contributed by atoms with Crippen LogP contribution < -0.4 is 14.8 Å². The van der Waals surface area contributed by atoms with Gasteiger partial charge in [0.15, 0.2) is 6.10 Å². The number of carbonyl (C=O) groups excluding carboxylic acids is 1. The van der Waals surface area contributed by atoms with E-state index < -0.39 is 6.10 Å². The number of carbonyl (C=O) groups is 1. The highest BCUT2D eigenvalue weighted by atomic mass is 79.9. The molecule has 0 saturated heterocycles. The van der Waals surface area contributed by atoms with E-state index in [1.807, 2.05) is 42.5 Å². The number of anilines is 1. The number of halogens is 2. The summed E-state index contributed by atoms with van der Waals surface area (Å²) >= 11 is 9.33. The number of aryl methyl sites for hydroxylation is 1. The molecule has 0 aliphatic carbocycles. The van der Waals surface area contributed by atoms with Gasteiger partial charge in [0.1, 0.15) is 11.5 Å². The van der Waals surface area contributed by atoms with Crippen molar-refractivity contribution in [3.8, 4) is 11.5 Å². The summed E-state index contributed by atoms with van der Waals surface area (Å²) in [5, 5.41) is 3.45. The van der Waals surface area contributed by atoms with E-state index in [-0.39, 0.29) is 5.91 Å². The minimum Gasteiger partial charge on any atom is -0.494 e. The lowest BCUT2D eigenvalue weighted by atomic mass is 10.1. The first kappa shape index (κ1) is 22.2. The van der Waals surface area contributed by atoms with Crippen LogP contribution in [-0.2, 0) is 11.2 Å². The van der Waals surface area contributed by atoms with Crippen LogP contribution in [0, 0.1) is 0 Å². The largest absolute Gasteiger partial charge is 0.494 e. The number of hydrogen-bond donors (Lipinski definition) is 1. The van der Waals surface area contributed by atoms with Gasteiger partial charge in [-0.2, -0.15) is 0 Å². The Morgan fingerprint density at radius 2 is 1.87 bits per heavy atom. The third-order valence-electron chi connectivity index (χ3n) is 4.39. The Kier molecular flexibility index (Phi) is 8.17. The zero-order valence-electron chi connectivity index (χ0n) is 16.6.